The lowest BCUT2D eigenvalue weighted by molar-refractivity contribution is -0.275. The number of hydrogen-bond donors (Lipinski definition) is 1. The van der Waals surface area contributed by atoms with Crippen LogP contribution in [0.2, 0.25) is 5.02 Å². The van der Waals surface area contributed by atoms with Crippen molar-refractivity contribution in [1.29, 1.82) is 0 Å². The van der Waals surface area contributed by atoms with Gasteiger partial charge in [0.25, 0.3) is 10.0 Å². The number of hydrogen-bond acceptors (Lipinski definition) is 4. The van der Waals surface area contributed by atoms with Gasteiger partial charge in [-0.05, 0) is 36.4 Å². The summed E-state index contributed by atoms with van der Waals surface area (Å²) in [7, 11) is -4.42. The van der Waals surface area contributed by atoms with E-state index in [-0.39, 0.29) is 10.7 Å². The van der Waals surface area contributed by atoms with Gasteiger partial charge in [0.05, 0.1) is 11.4 Å². The van der Waals surface area contributed by atoms with Gasteiger partial charge in [0, 0.05) is 17.4 Å². The minimum Gasteiger partial charge on any atom is -0.404 e. The SMILES string of the molecule is O=S(=O)(Nc1cc(Cl)ccc1-n1cccn1)c1ccccc1OC(F)(F)F. The van der Waals surface area contributed by atoms with E-state index < -0.39 is 27.0 Å². The third kappa shape index (κ3) is 4.52. The molecule has 1 N–H and O–H groups in total. The van der Waals surface area contributed by atoms with Gasteiger partial charge in [0.2, 0.25) is 0 Å². The first-order valence-electron chi connectivity index (χ1n) is 7.33. The molecular formula is C16H11ClF3N3O3S. The van der Waals surface area contributed by atoms with E-state index in [4.69, 9.17) is 11.6 Å². The molecule has 0 bridgehead atoms. The van der Waals surface area contributed by atoms with E-state index in [1.54, 1.807) is 12.3 Å². The van der Waals surface area contributed by atoms with Crippen molar-refractivity contribution in [1.82, 2.24) is 9.78 Å². The highest BCUT2D eigenvalue weighted by Crippen LogP contribution is 2.32. The number of benzene rings is 2. The third-order valence-corrected chi connectivity index (χ3v) is 4.96. The van der Waals surface area contributed by atoms with Gasteiger partial charge in [-0.3, -0.25) is 4.72 Å². The van der Waals surface area contributed by atoms with Crippen LogP contribution in [-0.4, -0.2) is 24.6 Å². The molecule has 1 aromatic heterocycles. The summed E-state index contributed by atoms with van der Waals surface area (Å²) in [6.07, 6.45) is -1.98. The van der Waals surface area contributed by atoms with Crippen LogP contribution in [0.3, 0.4) is 0 Å². The maximum Gasteiger partial charge on any atom is 0.573 e. The number of alkyl halides is 3. The average molecular weight is 418 g/mol. The van der Waals surface area contributed by atoms with Gasteiger partial charge in [0.1, 0.15) is 10.6 Å². The van der Waals surface area contributed by atoms with E-state index in [2.05, 4.69) is 14.6 Å². The maximum absolute atomic E-state index is 12.7. The summed E-state index contributed by atoms with van der Waals surface area (Å²) in [5, 5.41) is 4.24. The molecule has 142 valence electrons. The number of aromatic nitrogens is 2. The fourth-order valence-electron chi connectivity index (χ4n) is 2.28. The van der Waals surface area contributed by atoms with Crippen LogP contribution in [0, 0.1) is 0 Å². The van der Waals surface area contributed by atoms with Crippen LogP contribution in [0.5, 0.6) is 5.75 Å². The lowest BCUT2D eigenvalue weighted by Gasteiger charge is -2.16. The van der Waals surface area contributed by atoms with Crippen molar-refractivity contribution in [3.63, 3.8) is 0 Å². The molecule has 3 rings (SSSR count). The van der Waals surface area contributed by atoms with E-state index in [1.165, 1.54) is 41.2 Å². The number of sulfonamides is 1. The lowest BCUT2D eigenvalue weighted by Crippen LogP contribution is -2.21. The zero-order valence-corrected chi connectivity index (χ0v) is 14.9. The van der Waals surface area contributed by atoms with E-state index in [0.717, 1.165) is 12.1 Å². The number of para-hydroxylation sites is 1. The molecule has 11 heteroatoms. The molecule has 0 radical (unpaired) electrons. The summed E-state index contributed by atoms with van der Waals surface area (Å²) in [5.41, 5.74) is 0.371. The van der Waals surface area contributed by atoms with Gasteiger partial charge in [-0.15, -0.1) is 13.2 Å². The summed E-state index contributed by atoms with van der Waals surface area (Å²) in [6, 6.07) is 10.4. The largest absolute Gasteiger partial charge is 0.573 e. The van der Waals surface area contributed by atoms with Crippen molar-refractivity contribution in [2.24, 2.45) is 0 Å². The topological polar surface area (TPSA) is 73.2 Å². The van der Waals surface area contributed by atoms with Crippen LogP contribution in [0.15, 0.2) is 65.8 Å². The molecule has 0 atom stereocenters. The number of nitrogens with one attached hydrogen (secondary N) is 1. The van der Waals surface area contributed by atoms with E-state index in [9.17, 15) is 21.6 Å². The number of ether oxygens (including phenoxy) is 1. The van der Waals surface area contributed by atoms with Crippen molar-refractivity contribution in [2.75, 3.05) is 4.72 Å². The summed E-state index contributed by atoms with van der Waals surface area (Å²) in [4.78, 5) is -0.672. The molecule has 0 aliphatic carbocycles. The lowest BCUT2D eigenvalue weighted by atomic mass is 10.3. The predicted octanol–water partition coefficient (Wildman–Crippen LogP) is 4.23. The Morgan fingerprint density at radius 1 is 1.11 bits per heavy atom. The summed E-state index contributed by atoms with van der Waals surface area (Å²) < 4.78 is 70.6. The molecule has 27 heavy (non-hydrogen) atoms. The Morgan fingerprint density at radius 2 is 1.85 bits per heavy atom. The zero-order chi connectivity index (χ0) is 19.7. The summed E-state index contributed by atoms with van der Waals surface area (Å²) in [6.45, 7) is 0. The number of anilines is 1. The number of rotatable bonds is 5. The monoisotopic (exact) mass is 417 g/mol. The third-order valence-electron chi connectivity index (χ3n) is 3.32. The second-order valence-electron chi connectivity index (χ2n) is 5.21. The van der Waals surface area contributed by atoms with Crippen molar-refractivity contribution < 1.29 is 26.3 Å². The molecule has 0 aliphatic rings. The number of halogens is 4. The van der Waals surface area contributed by atoms with E-state index in [0.29, 0.717) is 5.69 Å². The highest BCUT2D eigenvalue weighted by Gasteiger charge is 2.34. The molecule has 3 aromatic rings. The van der Waals surface area contributed by atoms with Crippen LogP contribution < -0.4 is 9.46 Å². The fourth-order valence-corrected chi connectivity index (χ4v) is 3.65. The zero-order valence-electron chi connectivity index (χ0n) is 13.3. The van der Waals surface area contributed by atoms with Gasteiger partial charge >= 0.3 is 6.36 Å². The molecule has 2 aromatic carbocycles. The molecule has 0 aliphatic heterocycles. The second kappa shape index (κ2) is 7.12. The van der Waals surface area contributed by atoms with Gasteiger partial charge < -0.3 is 4.74 Å². The van der Waals surface area contributed by atoms with Crippen molar-refractivity contribution >= 4 is 27.3 Å². The Balaban J connectivity index is 2.03. The molecule has 0 saturated carbocycles. The Labute approximate surface area is 157 Å². The van der Waals surface area contributed by atoms with Gasteiger partial charge in [-0.1, -0.05) is 23.7 Å². The van der Waals surface area contributed by atoms with Gasteiger partial charge in [0.15, 0.2) is 0 Å². The predicted molar refractivity (Wildman–Crippen MR) is 92.5 cm³/mol. The van der Waals surface area contributed by atoms with Crippen LogP contribution in [0.4, 0.5) is 18.9 Å². The van der Waals surface area contributed by atoms with Crippen LogP contribution >= 0.6 is 11.6 Å². The molecule has 0 amide bonds. The van der Waals surface area contributed by atoms with Crippen LogP contribution in [-0.2, 0) is 10.0 Å². The van der Waals surface area contributed by atoms with E-state index >= 15 is 0 Å². The first kappa shape index (κ1) is 19.1. The first-order valence-corrected chi connectivity index (χ1v) is 9.19. The van der Waals surface area contributed by atoms with Crippen molar-refractivity contribution in [3.8, 4) is 11.4 Å². The Kier molecular flexibility index (Phi) is 5.03. The normalized spacial score (nSPS) is 12.0. The smallest absolute Gasteiger partial charge is 0.404 e. The van der Waals surface area contributed by atoms with Crippen molar-refractivity contribution in [3.05, 3.63) is 65.9 Å². The minimum absolute atomic E-state index is 0.0352. The second-order valence-corrected chi connectivity index (χ2v) is 7.30. The average Bonchev–Trinajstić information content (AvgIpc) is 3.07. The maximum atomic E-state index is 12.7. The highest BCUT2D eigenvalue weighted by molar-refractivity contribution is 7.92. The van der Waals surface area contributed by atoms with Gasteiger partial charge in [-0.25, -0.2) is 13.1 Å². The molecule has 0 fully saturated rings. The Bertz CT molecular complexity index is 1050. The molecule has 0 unspecified atom stereocenters. The fraction of sp³-hybridized carbons (Fsp3) is 0.0625. The molecular weight excluding hydrogens is 407 g/mol. The standard InChI is InChI=1S/C16H11ClF3N3O3S/c17-11-6-7-13(23-9-3-8-21-23)12(10-11)22-27(24,25)15-5-2-1-4-14(15)26-16(18,19)20/h1-10,22H. The van der Waals surface area contributed by atoms with Crippen molar-refractivity contribution in [2.45, 2.75) is 11.3 Å². The van der Waals surface area contributed by atoms with Gasteiger partial charge in [-0.2, -0.15) is 5.10 Å². The molecule has 0 spiro atoms. The van der Waals surface area contributed by atoms with Crippen LogP contribution in [0.1, 0.15) is 0 Å². The number of nitrogens with zero attached hydrogens (tertiary/aromatic N) is 2. The summed E-state index contributed by atoms with van der Waals surface area (Å²) in [5.74, 6) is -0.847. The Hall–Kier alpha value is -2.72. The quantitative estimate of drug-likeness (QED) is 0.674. The molecule has 6 nitrogen and oxygen atoms in total. The van der Waals surface area contributed by atoms with Crippen LogP contribution in [0.25, 0.3) is 5.69 Å². The Morgan fingerprint density at radius 3 is 2.52 bits per heavy atom. The molecule has 0 saturated heterocycles. The molecule has 1 heterocycles. The highest BCUT2D eigenvalue weighted by atomic mass is 35.5. The summed E-state index contributed by atoms with van der Waals surface area (Å²) >= 11 is 5.93. The minimum atomic E-state index is -5.04. The first-order chi connectivity index (χ1) is 12.7. The van der Waals surface area contributed by atoms with E-state index in [1.807, 2.05) is 0 Å².